The molecule has 0 aromatic rings. The number of carbonyl (C=O) groups is 2. The van der Waals surface area contributed by atoms with Gasteiger partial charge >= 0.3 is 0 Å². The van der Waals surface area contributed by atoms with Crippen LogP contribution in [0.5, 0.6) is 0 Å². The zero-order valence-electron chi connectivity index (χ0n) is 11.1. The Balaban J connectivity index is 1.71. The van der Waals surface area contributed by atoms with Gasteiger partial charge in [-0.15, -0.1) is 0 Å². The van der Waals surface area contributed by atoms with Crippen molar-refractivity contribution >= 4 is 11.8 Å². The molecule has 2 saturated heterocycles. The highest BCUT2D eigenvalue weighted by Gasteiger charge is 2.47. The second-order valence-electron chi connectivity index (χ2n) is 5.96. The molecule has 1 N–H and O–H groups in total. The first-order valence-corrected chi connectivity index (χ1v) is 7.32. The summed E-state index contributed by atoms with van der Waals surface area (Å²) in [7, 11) is 0. The lowest BCUT2D eigenvalue weighted by Gasteiger charge is -2.36. The molecule has 5 heteroatoms. The number of likely N-dealkylation sites (tertiary alicyclic amines) is 1. The molecule has 1 aliphatic carbocycles. The molecule has 1 saturated carbocycles. The van der Waals surface area contributed by atoms with E-state index in [9.17, 15) is 14.7 Å². The minimum Gasteiger partial charge on any atom is -0.396 e. The second-order valence-corrected chi connectivity index (χ2v) is 5.96. The maximum atomic E-state index is 12.2. The fourth-order valence-electron chi connectivity index (χ4n) is 3.64. The zero-order chi connectivity index (χ0) is 13.4. The van der Waals surface area contributed by atoms with Crippen LogP contribution in [0.3, 0.4) is 0 Å². The number of rotatable bonds is 3. The van der Waals surface area contributed by atoms with Gasteiger partial charge in [-0.05, 0) is 37.5 Å². The van der Waals surface area contributed by atoms with Crippen LogP contribution in [0.25, 0.3) is 0 Å². The van der Waals surface area contributed by atoms with Gasteiger partial charge in [-0.2, -0.15) is 0 Å². The van der Waals surface area contributed by atoms with Crippen LogP contribution in [0.1, 0.15) is 38.5 Å². The third-order valence-electron chi connectivity index (χ3n) is 4.82. The summed E-state index contributed by atoms with van der Waals surface area (Å²) >= 11 is 0. The van der Waals surface area contributed by atoms with Crippen LogP contribution >= 0.6 is 0 Å². The highest BCUT2D eigenvalue weighted by Crippen LogP contribution is 2.33. The summed E-state index contributed by atoms with van der Waals surface area (Å²) in [4.78, 5) is 25.8. The van der Waals surface area contributed by atoms with Crippen molar-refractivity contribution < 1.29 is 19.4 Å². The van der Waals surface area contributed by atoms with Gasteiger partial charge in [0, 0.05) is 13.2 Å². The number of aliphatic hydroxyl groups is 1. The molecule has 3 fully saturated rings. The van der Waals surface area contributed by atoms with E-state index in [2.05, 4.69) is 0 Å². The average Bonchev–Trinajstić information content (AvgIpc) is 2.89. The molecule has 2 aliphatic heterocycles. The van der Waals surface area contributed by atoms with Crippen LogP contribution in [0, 0.1) is 11.8 Å². The van der Waals surface area contributed by atoms with Crippen LogP contribution in [0.15, 0.2) is 0 Å². The van der Waals surface area contributed by atoms with Gasteiger partial charge in [0.25, 0.3) is 11.8 Å². The molecule has 2 heterocycles. The number of ether oxygens (including phenoxy) is 1. The Hall–Kier alpha value is -0.940. The number of morpholine rings is 1. The Morgan fingerprint density at radius 3 is 2.16 bits per heavy atom. The number of hydrogen-bond acceptors (Lipinski definition) is 4. The molecule has 0 spiro atoms. The smallest absolute Gasteiger partial charge is 0.258 e. The lowest BCUT2D eigenvalue weighted by atomic mass is 9.79. The molecule has 2 bridgehead atoms. The summed E-state index contributed by atoms with van der Waals surface area (Å²) in [6.07, 6.45) is 4.79. The van der Waals surface area contributed by atoms with E-state index in [4.69, 9.17) is 4.74 Å². The summed E-state index contributed by atoms with van der Waals surface area (Å²) in [5.41, 5.74) is 0. The fraction of sp³-hybridized carbons (Fsp3) is 0.857. The Morgan fingerprint density at radius 1 is 1.00 bits per heavy atom. The Morgan fingerprint density at radius 2 is 1.58 bits per heavy atom. The monoisotopic (exact) mass is 267 g/mol. The van der Waals surface area contributed by atoms with E-state index in [1.54, 1.807) is 0 Å². The molecule has 0 radical (unpaired) electrons. The fourth-order valence-corrected chi connectivity index (χ4v) is 3.64. The van der Waals surface area contributed by atoms with Gasteiger partial charge in [0.2, 0.25) is 0 Å². The lowest BCUT2D eigenvalue weighted by molar-refractivity contribution is -0.169. The van der Waals surface area contributed by atoms with Crippen LogP contribution in [-0.2, 0) is 14.3 Å². The van der Waals surface area contributed by atoms with E-state index < -0.39 is 12.2 Å². The summed E-state index contributed by atoms with van der Waals surface area (Å²) in [5.74, 6) is 0.154. The summed E-state index contributed by atoms with van der Waals surface area (Å²) in [5, 5.41) is 9.43. The number of fused-ring (bicyclic) bond motifs is 2. The number of amides is 2. The molecule has 4 atom stereocenters. The van der Waals surface area contributed by atoms with Crippen molar-refractivity contribution in [2.45, 2.75) is 50.7 Å². The third kappa shape index (κ3) is 2.30. The van der Waals surface area contributed by atoms with Gasteiger partial charge < -0.3 is 9.84 Å². The Bertz CT molecular complexity index is 362. The van der Waals surface area contributed by atoms with Crippen LogP contribution in [0.4, 0.5) is 0 Å². The number of aliphatic hydroxyl groups excluding tert-OH is 1. The van der Waals surface area contributed by atoms with Gasteiger partial charge in [-0.25, -0.2) is 0 Å². The quantitative estimate of drug-likeness (QED) is 0.764. The molecule has 106 valence electrons. The van der Waals surface area contributed by atoms with E-state index >= 15 is 0 Å². The molecule has 19 heavy (non-hydrogen) atoms. The first kappa shape index (κ1) is 13.1. The van der Waals surface area contributed by atoms with Crippen molar-refractivity contribution in [3.05, 3.63) is 0 Å². The van der Waals surface area contributed by atoms with E-state index in [0.29, 0.717) is 19.4 Å². The number of nitrogens with zero attached hydrogens (tertiary/aromatic N) is 1. The summed E-state index contributed by atoms with van der Waals surface area (Å²) in [6.45, 7) is 0.628. The van der Waals surface area contributed by atoms with Crippen LogP contribution in [0.2, 0.25) is 0 Å². The largest absolute Gasteiger partial charge is 0.396 e. The minimum atomic E-state index is -0.404. The molecule has 3 aliphatic rings. The molecular formula is C14H21NO4. The predicted molar refractivity (Wildman–Crippen MR) is 67.1 cm³/mol. The number of hydrogen-bond donors (Lipinski definition) is 1. The van der Waals surface area contributed by atoms with Gasteiger partial charge in [-0.1, -0.05) is 12.8 Å². The summed E-state index contributed by atoms with van der Waals surface area (Å²) < 4.78 is 5.40. The SMILES string of the molecule is O=C1C2CCC(O2)C(=O)N1CC1CCCCC1CO. The minimum absolute atomic E-state index is 0.157. The van der Waals surface area contributed by atoms with Gasteiger partial charge in [0.15, 0.2) is 0 Å². The van der Waals surface area contributed by atoms with Crippen molar-refractivity contribution in [3.63, 3.8) is 0 Å². The molecule has 4 unspecified atom stereocenters. The number of imide groups is 1. The average molecular weight is 267 g/mol. The predicted octanol–water partition coefficient (Wildman–Crippen LogP) is 0.701. The lowest BCUT2D eigenvalue weighted by Crippen LogP contribution is -2.54. The van der Waals surface area contributed by atoms with E-state index in [1.807, 2.05) is 0 Å². The molecule has 0 aromatic heterocycles. The van der Waals surface area contributed by atoms with Crippen LogP contribution in [-0.4, -0.2) is 47.2 Å². The van der Waals surface area contributed by atoms with E-state index in [1.165, 1.54) is 4.90 Å². The van der Waals surface area contributed by atoms with Crippen molar-refractivity contribution in [1.82, 2.24) is 4.90 Å². The third-order valence-corrected chi connectivity index (χ3v) is 4.82. The van der Waals surface area contributed by atoms with E-state index in [0.717, 1.165) is 25.7 Å². The van der Waals surface area contributed by atoms with Crippen molar-refractivity contribution in [3.8, 4) is 0 Å². The molecule has 2 amide bonds. The van der Waals surface area contributed by atoms with Crippen molar-refractivity contribution in [2.24, 2.45) is 11.8 Å². The van der Waals surface area contributed by atoms with Crippen molar-refractivity contribution in [1.29, 1.82) is 0 Å². The number of carbonyl (C=O) groups excluding carboxylic acids is 2. The maximum Gasteiger partial charge on any atom is 0.258 e. The molecule has 3 rings (SSSR count). The molecule has 5 nitrogen and oxygen atoms in total. The van der Waals surface area contributed by atoms with Crippen LogP contribution < -0.4 is 0 Å². The normalized spacial score (nSPS) is 38.9. The van der Waals surface area contributed by atoms with Gasteiger partial charge in [0.1, 0.15) is 12.2 Å². The zero-order valence-corrected chi connectivity index (χ0v) is 11.1. The molecule has 0 aromatic carbocycles. The van der Waals surface area contributed by atoms with E-state index in [-0.39, 0.29) is 30.3 Å². The first-order valence-electron chi connectivity index (χ1n) is 7.32. The van der Waals surface area contributed by atoms with Gasteiger partial charge in [0.05, 0.1) is 0 Å². The summed E-state index contributed by atoms with van der Waals surface area (Å²) in [6, 6.07) is 0. The second kappa shape index (κ2) is 5.21. The molecular weight excluding hydrogens is 246 g/mol. The van der Waals surface area contributed by atoms with Gasteiger partial charge in [-0.3, -0.25) is 14.5 Å². The maximum absolute atomic E-state index is 12.2. The Kier molecular flexibility index (Phi) is 3.58. The highest BCUT2D eigenvalue weighted by atomic mass is 16.5. The standard InChI is InChI=1S/C14H21NO4/c16-8-10-4-2-1-3-9(10)7-15-13(17)11-5-6-12(19-11)14(15)18/h9-12,16H,1-8H2. The Labute approximate surface area is 112 Å². The highest BCUT2D eigenvalue weighted by molar-refractivity contribution is 6.02. The first-order chi connectivity index (χ1) is 9.20. The van der Waals surface area contributed by atoms with Crippen molar-refractivity contribution in [2.75, 3.05) is 13.2 Å². The topological polar surface area (TPSA) is 66.8 Å².